The maximum atomic E-state index is 9.17. The Hall–Kier alpha value is -0.530. The minimum absolute atomic E-state index is 0.230. The largest absolute Gasteiger partial charge is 0.396 e. The maximum absolute atomic E-state index is 9.17. The zero-order valence-electron chi connectivity index (χ0n) is 11.7. The number of aliphatic hydroxyl groups is 1. The first-order valence-corrected chi connectivity index (χ1v) is 7.32. The van der Waals surface area contributed by atoms with E-state index in [1.807, 2.05) is 12.1 Å². The highest BCUT2D eigenvalue weighted by Gasteiger charge is 2.28. The molecule has 1 atom stereocenters. The fourth-order valence-electron chi connectivity index (χ4n) is 2.57. The fraction of sp³-hybridized carbons (Fsp3) is 0.625. The van der Waals surface area contributed by atoms with Crippen LogP contribution in [0.25, 0.3) is 0 Å². The zero-order chi connectivity index (χ0) is 13.6. The molecule has 0 aliphatic heterocycles. The van der Waals surface area contributed by atoms with Crippen molar-refractivity contribution in [1.29, 1.82) is 0 Å². The van der Waals surface area contributed by atoms with Crippen molar-refractivity contribution in [2.24, 2.45) is 5.92 Å². The topological polar surface area (TPSA) is 20.2 Å². The molecule has 0 saturated heterocycles. The Morgan fingerprint density at radius 2 is 1.72 bits per heavy atom. The van der Waals surface area contributed by atoms with Crippen LogP contribution in [0.5, 0.6) is 0 Å². The van der Waals surface area contributed by atoms with Crippen LogP contribution in [0.4, 0.5) is 0 Å². The van der Waals surface area contributed by atoms with Gasteiger partial charge < -0.3 is 5.11 Å². The standard InChI is InChI=1S/C16H25ClO/c1-4-16(5-2,11-10-13(3)12-18)14-6-8-15(17)9-7-14/h6-9,13,18H,4-5,10-12H2,1-3H3/t13-/m1/s1. The fourth-order valence-corrected chi connectivity index (χ4v) is 2.70. The van der Waals surface area contributed by atoms with E-state index in [9.17, 15) is 0 Å². The first-order chi connectivity index (χ1) is 8.57. The molecule has 0 aromatic heterocycles. The van der Waals surface area contributed by atoms with E-state index >= 15 is 0 Å². The monoisotopic (exact) mass is 268 g/mol. The maximum Gasteiger partial charge on any atom is 0.0456 e. The Bertz CT molecular complexity index is 341. The number of hydrogen-bond acceptors (Lipinski definition) is 1. The van der Waals surface area contributed by atoms with Crippen molar-refractivity contribution in [3.63, 3.8) is 0 Å². The van der Waals surface area contributed by atoms with Gasteiger partial charge in [0.05, 0.1) is 0 Å². The van der Waals surface area contributed by atoms with Crippen LogP contribution in [-0.4, -0.2) is 11.7 Å². The first kappa shape index (κ1) is 15.5. The van der Waals surface area contributed by atoms with Crippen LogP contribution in [0.3, 0.4) is 0 Å². The van der Waals surface area contributed by atoms with Crippen molar-refractivity contribution in [2.45, 2.75) is 51.9 Å². The average molecular weight is 269 g/mol. The molecule has 0 radical (unpaired) electrons. The van der Waals surface area contributed by atoms with Gasteiger partial charge in [0.1, 0.15) is 0 Å². The van der Waals surface area contributed by atoms with E-state index in [1.165, 1.54) is 5.56 Å². The second-order valence-electron chi connectivity index (χ2n) is 5.32. The average Bonchev–Trinajstić information content (AvgIpc) is 2.41. The predicted molar refractivity (Wildman–Crippen MR) is 79.2 cm³/mol. The van der Waals surface area contributed by atoms with E-state index in [0.29, 0.717) is 5.92 Å². The van der Waals surface area contributed by atoms with E-state index in [0.717, 1.165) is 30.7 Å². The number of hydrogen-bond donors (Lipinski definition) is 1. The van der Waals surface area contributed by atoms with Gasteiger partial charge in [-0.3, -0.25) is 0 Å². The molecule has 1 aromatic carbocycles. The minimum Gasteiger partial charge on any atom is -0.396 e. The van der Waals surface area contributed by atoms with Crippen molar-refractivity contribution in [3.8, 4) is 0 Å². The smallest absolute Gasteiger partial charge is 0.0456 e. The third kappa shape index (κ3) is 3.73. The Balaban J connectivity index is 2.88. The van der Waals surface area contributed by atoms with Crippen LogP contribution in [-0.2, 0) is 5.41 Å². The minimum atomic E-state index is 0.230. The van der Waals surface area contributed by atoms with E-state index in [1.54, 1.807) is 0 Å². The zero-order valence-corrected chi connectivity index (χ0v) is 12.5. The predicted octanol–water partition coefficient (Wildman–Crippen LogP) is 4.81. The van der Waals surface area contributed by atoms with Crippen molar-refractivity contribution in [1.82, 2.24) is 0 Å². The summed E-state index contributed by atoms with van der Waals surface area (Å²) < 4.78 is 0. The van der Waals surface area contributed by atoms with Gasteiger partial charge in [-0.25, -0.2) is 0 Å². The molecule has 1 N–H and O–H groups in total. The number of aliphatic hydroxyl groups excluding tert-OH is 1. The third-order valence-corrected chi connectivity index (χ3v) is 4.49. The second-order valence-corrected chi connectivity index (χ2v) is 5.76. The summed E-state index contributed by atoms with van der Waals surface area (Å²) in [6, 6.07) is 8.26. The third-order valence-electron chi connectivity index (χ3n) is 4.24. The second kappa shape index (κ2) is 7.16. The molecule has 0 aliphatic carbocycles. The van der Waals surface area contributed by atoms with Gasteiger partial charge in [-0.05, 0) is 54.7 Å². The summed E-state index contributed by atoms with van der Waals surface area (Å²) in [5.74, 6) is 0.384. The lowest BCUT2D eigenvalue weighted by Crippen LogP contribution is -2.25. The van der Waals surface area contributed by atoms with Crippen LogP contribution in [0.2, 0.25) is 5.02 Å². The summed E-state index contributed by atoms with van der Waals surface area (Å²) in [4.78, 5) is 0. The molecular weight excluding hydrogens is 244 g/mol. The van der Waals surface area contributed by atoms with Crippen molar-refractivity contribution < 1.29 is 5.11 Å². The summed E-state index contributed by atoms with van der Waals surface area (Å²) in [7, 11) is 0. The number of rotatable bonds is 7. The van der Waals surface area contributed by atoms with Crippen LogP contribution in [0.1, 0.15) is 52.0 Å². The van der Waals surface area contributed by atoms with Gasteiger partial charge in [0, 0.05) is 11.6 Å². The summed E-state index contributed by atoms with van der Waals surface area (Å²) in [6.45, 7) is 6.89. The Morgan fingerprint density at radius 3 is 2.17 bits per heavy atom. The molecule has 0 fully saturated rings. The van der Waals surface area contributed by atoms with Crippen LogP contribution in [0.15, 0.2) is 24.3 Å². The van der Waals surface area contributed by atoms with Gasteiger partial charge in [0.2, 0.25) is 0 Å². The molecule has 0 heterocycles. The number of benzene rings is 1. The molecule has 18 heavy (non-hydrogen) atoms. The molecule has 1 nitrogen and oxygen atoms in total. The molecule has 0 unspecified atom stereocenters. The van der Waals surface area contributed by atoms with E-state index in [4.69, 9.17) is 16.7 Å². The molecule has 0 bridgehead atoms. The quantitative estimate of drug-likeness (QED) is 0.753. The molecule has 102 valence electrons. The summed E-state index contributed by atoms with van der Waals surface area (Å²) in [5.41, 5.74) is 1.61. The Kier molecular flexibility index (Phi) is 6.17. The van der Waals surface area contributed by atoms with Crippen LogP contribution in [0, 0.1) is 5.92 Å². The van der Waals surface area contributed by atoms with Crippen LogP contribution < -0.4 is 0 Å². The summed E-state index contributed by atoms with van der Waals surface area (Å²) >= 11 is 5.97. The van der Waals surface area contributed by atoms with Gasteiger partial charge >= 0.3 is 0 Å². The molecule has 0 spiro atoms. The van der Waals surface area contributed by atoms with E-state index in [2.05, 4.69) is 32.9 Å². The normalized spacial score (nSPS) is 13.6. The lowest BCUT2D eigenvalue weighted by Gasteiger charge is -2.33. The first-order valence-electron chi connectivity index (χ1n) is 6.95. The highest BCUT2D eigenvalue weighted by Crippen LogP contribution is 2.37. The summed E-state index contributed by atoms with van der Waals surface area (Å²) in [5, 5.41) is 9.96. The van der Waals surface area contributed by atoms with Crippen molar-refractivity contribution in [2.75, 3.05) is 6.61 Å². The van der Waals surface area contributed by atoms with E-state index < -0.39 is 0 Å². The molecule has 1 rings (SSSR count). The Morgan fingerprint density at radius 1 is 1.17 bits per heavy atom. The van der Waals surface area contributed by atoms with E-state index in [-0.39, 0.29) is 12.0 Å². The lowest BCUT2D eigenvalue weighted by molar-refractivity contribution is 0.213. The van der Waals surface area contributed by atoms with Crippen molar-refractivity contribution >= 4 is 11.6 Å². The van der Waals surface area contributed by atoms with Gasteiger partial charge in [0.25, 0.3) is 0 Å². The highest BCUT2D eigenvalue weighted by atomic mass is 35.5. The molecule has 0 aliphatic rings. The molecule has 2 heteroatoms. The SMILES string of the molecule is CCC(CC)(CC[C@@H](C)CO)c1ccc(Cl)cc1. The lowest BCUT2D eigenvalue weighted by atomic mass is 9.71. The van der Waals surface area contributed by atoms with Gasteiger partial charge in [-0.15, -0.1) is 0 Å². The molecule has 0 amide bonds. The number of halogens is 1. The molecular formula is C16H25ClO. The van der Waals surface area contributed by atoms with Gasteiger partial charge in [0.15, 0.2) is 0 Å². The molecule has 0 saturated carbocycles. The highest BCUT2D eigenvalue weighted by molar-refractivity contribution is 6.30. The van der Waals surface area contributed by atoms with Crippen LogP contribution >= 0.6 is 11.6 Å². The van der Waals surface area contributed by atoms with Gasteiger partial charge in [-0.2, -0.15) is 0 Å². The van der Waals surface area contributed by atoms with Gasteiger partial charge in [-0.1, -0.05) is 44.5 Å². The Labute approximate surface area is 116 Å². The summed E-state index contributed by atoms with van der Waals surface area (Å²) in [6.07, 6.45) is 4.46. The molecule has 1 aromatic rings. The van der Waals surface area contributed by atoms with Crippen molar-refractivity contribution in [3.05, 3.63) is 34.9 Å².